The summed E-state index contributed by atoms with van der Waals surface area (Å²) in [6.45, 7) is 1.91. The number of ether oxygens (including phenoxy) is 1. The average molecular weight is 815 g/mol. The summed E-state index contributed by atoms with van der Waals surface area (Å²) in [5.74, 6) is 0.588. The fraction of sp³-hybridized carbons (Fsp3) is 0.571. The van der Waals surface area contributed by atoms with Crippen LogP contribution in [0.5, 0.6) is 5.75 Å². The van der Waals surface area contributed by atoms with Gasteiger partial charge in [-0.2, -0.15) is 20.1 Å². The molecule has 2 nitrogen and oxygen atoms in total. The van der Waals surface area contributed by atoms with Crippen molar-refractivity contribution in [3.05, 3.63) is 30.3 Å². The van der Waals surface area contributed by atoms with E-state index in [0.29, 0.717) is 12.2 Å². The molecule has 0 aromatic heterocycles. The van der Waals surface area contributed by atoms with E-state index >= 15 is 0 Å². The number of halogens is 10. The Hall–Kier alpha value is 3.36. The lowest BCUT2D eigenvalue weighted by Crippen LogP contribution is -2.81. The molecule has 1 aromatic rings. The van der Waals surface area contributed by atoms with Crippen LogP contribution in [0.4, 0.5) is 0 Å². The zero-order chi connectivity index (χ0) is 20.9. The Kier molecular flexibility index (Phi) is 9.18. The summed E-state index contributed by atoms with van der Waals surface area (Å²) in [5.41, 5.74) is -1.17. The normalized spacial score (nSPS) is 44.8. The van der Waals surface area contributed by atoms with Gasteiger partial charge in [-0.25, -0.2) is 0 Å². The Balaban J connectivity index is 2.74. The van der Waals surface area contributed by atoms with E-state index in [1.807, 2.05) is 37.3 Å². The number of rotatable bonds is 5. The molecule has 0 heterocycles. The third kappa shape index (κ3) is 4.20. The summed E-state index contributed by atoms with van der Waals surface area (Å²) in [4.78, 5) is -0.659. The molecular weight excluding hydrogens is 804 g/mol. The number of alkyl halides is 8. The molecule has 152 valence electrons. The van der Waals surface area contributed by atoms with Crippen LogP contribution in [-0.4, -0.2) is 38.9 Å². The molecule has 1 fully saturated rings. The first-order chi connectivity index (χ1) is 12.2. The molecule has 1 aliphatic rings. The van der Waals surface area contributed by atoms with Gasteiger partial charge in [0.1, 0.15) is 10.3 Å². The van der Waals surface area contributed by atoms with Crippen LogP contribution >= 0.6 is 135 Å². The fourth-order valence-electron chi connectivity index (χ4n) is 2.85. The summed E-state index contributed by atoms with van der Waals surface area (Å²) in [6.07, 6.45) is 0.417. The summed E-state index contributed by atoms with van der Waals surface area (Å²) < 4.78 is 6.47. The number of benzene rings is 1. The van der Waals surface area contributed by atoms with E-state index in [1.54, 1.807) is 0 Å². The molecule has 2 rings (SSSR count). The highest BCUT2D eigenvalue weighted by Gasteiger charge is 2.83. The van der Waals surface area contributed by atoms with Gasteiger partial charge in [-0.1, -0.05) is 128 Å². The Morgan fingerprint density at radius 3 is 1.93 bits per heavy atom. The van der Waals surface area contributed by atoms with E-state index < -0.39 is 38.9 Å². The van der Waals surface area contributed by atoms with Crippen LogP contribution < -0.4 is 4.74 Å². The maximum absolute atomic E-state index is 7.02. The molecule has 0 saturated heterocycles. The Bertz CT molecular complexity index is 683. The molecular formula is C14H11AlBr5Cl5O2. The lowest BCUT2D eigenvalue weighted by molar-refractivity contribution is -0.0265. The first kappa shape index (κ1) is 26.6. The number of hydrogen-bond acceptors (Lipinski definition) is 2. The predicted octanol–water partition coefficient (Wildman–Crippen LogP) is 8.55. The third-order valence-corrected chi connectivity index (χ3v) is 17.3. The van der Waals surface area contributed by atoms with Gasteiger partial charge < -0.3 is 8.53 Å². The molecule has 0 bridgehead atoms. The van der Waals surface area contributed by atoms with Crippen molar-refractivity contribution in [2.75, 3.05) is 0 Å². The second kappa shape index (κ2) is 9.31. The van der Waals surface area contributed by atoms with Gasteiger partial charge in [0, 0.05) is 0 Å². The predicted molar refractivity (Wildman–Crippen MR) is 136 cm³/mol. The third-order valence-electron chi connectivity index (χ3n) is 4.31. The molecule has 0 spiro atoms. The van der Waals surface area contributed by atoms with Gasteiger partial charge in [-0.15, -0.1) is 11.6 Å². The first-order valence-electron chi connectivity index (χ1n) is 7.37. The SMILES string of the molecule is CCC1(Oc2ccccc2)C(Br)C(Br)([O][Al]([Cl])[Cl])C(Cl)(Br)C(Cl)(Br)C1(Cl)Br. The van der Waals surface area contributed by atoms with Crippen LogP contribution in [0.2, 0.25) is 0 Å². The smallest absolute Gasteiger partial charge is 0.483 e. The van der Waals surface area contributed by atoms with Gasteiger partial charge in [0.05, 0.1) is 4.83 Å². The van der Waals surface area contributed by atoms with E-state index in [1.165, 1.54) is 0 Å². The van der Waals surface area contributed by atoms with Gasteiger partial charge in [0.2, 0.25) is 0 Å². The lowest BCUT2D eigenvalue weighted by Gasteiger charge is -2.64. The Morgan fingerprint density at radius 2 is 1.48 bits per heavy atom. The quantitative estimate of drug-likeness (QED) is 0.219. The van der Waals surface area contributed by atoms with Crippen molar-refractivity contribution >= 4 is 147 Å². The Labute approximate surface area is 228 Å². The van der Waals surface area contributed by atoms with Gasteiger partial charge in [-0.05, 0) is 18.6 Å². The monoisotopic (exact) mass is 807 g/mol. The maximum atomic E-state index is 7.02. The molecule has 27 heavy (non-hydrogen) atoms. The average Bonchev–Trinajstić information content (AvgIpc) is 2.57. The van der Waals surface area contributed by atoms with Crippen LogP contribution in [0.3, 0.4) is 0 Å². The van der Waals surface area contributed by atoms with Crippen molar-refractivity contribution in [2.45, 2.75) is 39.6 Å². The molecule has 0 N–H and O–H groups in total. The molecule has 6 atom stereocenters. The second-order valence-corrected chi connectivity index (χ2v) is 18.3. The van der Waals surface area contributed by atoms with Crippen molar-refractivity contribution in [2.24, 2.45) is 0 Å². The maximum Gasteiger partial charge on any atom is 0.726 e. The number of hydrogen-bond donors (Lipinski definition) is 0. The van der Waals surface area contributed by atoms with Crippen LogP contribution in [0.1, 0.15) is 13.3 Å². The standard InChI is InChI=1S/C14H11Br5Cl3O2.Al.2ClH/c1-2-10(24-8-6-4-3-5-7-8)9(15)11(16,23)13(18,21)14(19,22)12(10,17)20;;;/h3-7,9H,2H2,1H3;;2*1H/q-1;+3;;/p-2. The molecule has 1 saturated carbocycles. The molecule has 13 heteroatoms. The number of para-hydroxylation sites is 1. The zero-order valence-corrected chi connectivity index (χ0v) is 26.2. The van der Waals surface area contributed by atoms with Crippen LogP contribution in [0.25, 0.3) is 0 Å². The summed E-state index contributed by atoms with van der Waals surface area (Å²) >= 11 is 35.9. The van der Waals surface area contributed by atoms with Crippen molar-refractivity contribution in [1.82, 2.24) is 0 Å². The van der Waals surface area contributed by atoms with E-state index in [9.17, 15) is 0 Å². The molecule has 1 aliphatic carbocycles. The molecule has 0 radical (unpaired) electrons. The van der Waals surface area contributed by atoms with Crippen molar-refractivity contribution in [3.63, 3.8) is 0 Å². The van der Waals surface area contributed by atoms with Crippen molar-refractivity contribution in [3.8, 4) is 5.75 Å². The summed E-state index contributed by atoms with van der Waals surface area (Å²) in [7, 11) is 12.1. The minimum absolute atomic E-state index is 0.417. The zero-order valence-electron chi connectivity index (χ0n) is 13.3. The van der Waals surface area contributed by atoms with Gasteiger partial charge in [0.25, 0.3) is 0 Å². The van der Waals surface area contributed by atoms with E-state index in [4.69, 9.17) is 63.4 Å². The first-order valence-corrected chi connectivity index (χ1v) is 16.6. The van der Waals surface area contributed by atoms with Crippen LogP contribution in [0, 0.1) is 0 Å². The van der Waals surface area contributed by atoms with Crippen LogP contribution in [-0.2, 0) is 3.79 Å². The van der Waals surface area contributed by atoms with Gasteiger partial charge >= 0.3 is 12.6 Å². The topological polar surface area (TPSA) is 18.5 Å². The van der Waals surface area contributed by atoms with Gasteiger partial charge in [-0.3, -0.25) is 0 Å². The van der Waals surface area contributed by atoms with Crippen molar-refractivity contribution < 1.29 is 8.53 Å². The highest BCUT2D eigenvalue weighted by Crippen LogP contribution is 2.73. The fourth-order valence-corrected chi connectivity index (χ4v) is 12.8. The minimum atomic E-state index is -2.63. The van der Waals surface area contributed by atoms with Gasteiger partial charge in [0.15, 0.2) is 17.0 Å². The van der Waals surface area contributed by atoms with E-state index in [2.05, 4.69) is 79.6 Å². The minimum Gasteiger partial charge on any atom is -0.483 e. The molecule has 0 aliphatic heterocycles. The van der Waals surface area contributed by atoms with E-state index in [-0.39, 0.29) is 0 Å². The summed E-state index contributed by atoms with van der Waals surface area (Å²) in [5, 5.41) is 0. The Morgan fingerprint density at radius 1 is 0.963 bits per heavy atom. The highest BCUT2D eigenvalue weighted by atomic mass is 79.9. The largest absolute Gasteiger partial charge is 0.726 e. The molecule has 0 amide bonds. The summed E-state index contributed by atoms with van der Waals surface area (Å²) in [6, 6.07) is 9.22. The second-order valence-electron chi connectivity index (χ2n) is 5.77. The molecule has 6 unspecified atom stereocenters. The lowest BCUT2D eigenvalue weighted by atomic mass is 9.79. The van der Waals surface area contributed by atoms with Crippen molar-refractivity contribution in [1.29, 1.82) is 0 Å². The highest BCUT2D eigenvalue weighted by molar-refractivity contribution is 9.16. The van der Waals surface area contributed by atoms with E-state index in [0.717, 1.165) is 0 Å². The molecule has 1 aromatic carbocycles. The van der Waals surface area contributed by atoms with Crippen LogP contribution in [0.15, 0.2) is 30.3 Å².